The number of rotatable bonds is 8. The predicted molar refractivity (Wildman–Crippen MR) is 105 cm³/mol. The average molecular weight is 383 g/mol. The first-order valence-corrected chi connectivity index (χ1v) is 9.55. The van der Waals surface area contributed by atoms with Gasteiger partial charge in [-0.05, 0) is 43.2 Å². The van der Waals surface area contributed by atoms with Crippen LogP contribution in [-0.4, -0.2) is 35.5 Å². The van der Waals surface area contributed by atoms with Crippen LogP contribution in [0.4, 0.5) is 0 Å². The predicted octanol–water partition coefficient (Wildman–Crippen LogP) is 3.50. The first kappa shape index (κ1) is 19.0. The van der Waals surface area contributed by atoms with Gasteiger partial charge in [-0.3, -0.25) is 4.79 Å². The Hall–Kier alpha value is -2.80. The topological polar surface area (TPSA) is 77.2 Å². The largest absolute Gasteiger partial charge is 0.497 e. The third kappa shape index (κ3) is 5.59. The number of benzene rings is 2. The molecule has 6 nitrogen and oxygen atoms in total. The van der Waals surface area contributed by atoms with Gasteiger partial charge in [0.25, 0.3) is 5.22 Å². The van der Waals surface area contributed by atoms with Crippen LogP contribution in [0.5, 0.6) is 5.75 Å². The number of aromatic nitrogens is 2. The number of carbonyl (C=O) groups is 1. The molecule has 3 rings (SSSR count). The molecular weight excluding hydrogens is 362 g/mol. The SMILES string of the molecule is COc1ccc(CCNC(=O)CSc2nnc(-c3ccc(C)cc3)o2)cc1. The summed E-state index contributed by atoms with van der Waals surface area (Å²) in [6.07, 6.45) is 0.762. The molecule has 0 radical (unpaired) electrons. The summed E-state index contributed by atoms with van der Waals surface area (Å²) in [5, 5.41) is 11.3. The Bertz CT molecular complexity index is 876. The van der Waals surface area contributed by atoms with E-state index in [1.165, 1.54) is 17.3 Å². The van der Waals surface area contributed by atoms with E-state index in [0.717, 1.165) is 23.3 Å². The molecule has 3 aromatic rings. The van der Waals surface area contributed by atoms with Crippen LogP contribution >= 0.6 is 11.8 Å². The third-order valence-corrected chi connectivity index (χ3v) is 4.75. The smallest absolute Gasteiger partial charge is 0.277 e. The summed E-state index contributed by atoms with van der Waals surface area (Å²) in [6.45, 7) is 2.59. The second kappa shape index (κ2) is 9.23. The van der Waals surface area contributed by atoms with E-state index in [4.69, 9.17) is 9.15 Å². The number of nitrogens with zero attached hydrogens (tertiary/aromatic N) is 2. The highest BCUT2D eigenvalue weighted by atomic mass is 32.2. The lowest BCUT2D eigenvalue weighted by molar-refractivity contribution is -0.118. The maximum atomic E-state index is 12.0. The lowest BCUT2D eigenvalue weighted by atomic mass is 10.1. The molecule has 0 saturated heterocycles. The van der Waals surface area contributed by atoms with Crippen molar-refractivity contribution in [3.05, 3.63) is 59.7 Å². The minimum atomic E-state index is -0.0661. The van der Waals surface area contributed by atoms with Crippen molar-refractivity contribution >= 4 is 17.7 Å². The average Bonchev–Trinajstić information content (AvgIpc) is 3.16. The summed E-state index contributed by atoms with van der Waals surface area (Å²) in [7, 11) is 1.64. The summed E-state index contributed by atoms with van der Waals surface area (Å²) in [4.78, 5) is 12.0. The molecule has 0 unspecified atom stereocenters. The van der Waals surface area contributed by atoms with Gasteiger partial charge in [0.05, 0.1) is 12.9 Å². The number of nitrogens with one attached hydrogen (secondary N) is 1. The van der Waals surface area contributed by atoms with Crippen LogP contribution in [0.1, 0.15) is 11.1 Å². The summed E-state index contributed by atoms with van der Waals surface area (Å²) < 4.78 is 10.7. The van der Waals surface area contributed by atoms with Crippen LogP contribution in [0, 0.1) is 6.92 Å². The summed E-state index contributed by atoms with van der Waals surface area (Å²) in [5.74, 6) is 1.45. The normalized spacial score (nSPS) is 10.6. The summed E-state index contributed by atoms with van der Waals surface area (Å²) in [6, 6.07) is 15.6. The lowest BCUT2D eigenvalue weighted by Crippen LogP contribution is -2.27. The van der Waals surface area contributed by atoms with E-state index < -0.39 is 0 Å². The zero-order chi connectivity index (χ0) is 19.1. The van der Waals surface area contributed by atoms with E-state index in [-0.39, 0.29) is 11.7 Å². The van der Waals surface area contributed by atoms with E-state index in [2.05, 4.69) is 15.5 Å². The maximum Gasteiger partial charge on any atom is 0.277 e. The number of ether oxygens (including phenoxy) is 1. The molecule has 27 heavy (non-hydrogen) atoms. The number of amides is 1. The van der Waals surface area contributed by atoms with Gasteiger partial charge < -0.3 is 14.5 Å². The highest BCUT2D eigenvalue weighted by molar-refractivity contribution is 7.99. The third-order valence-electron chi connectivity index (χ3n) is 3.93. The molecule has 0 saturated carbocycles. The zero-order valence-corrected chi connectivity index (χ0v) is 16.1. The molecule has 0 aliphatic rings. The quantitative estimate of drug-likeness (QED) is 0.600. The fourth-order valence-electron chi connectivity index (χ4n) is 2.40. The van der Waals surface area contributed by atoms with Gasteiger partial charge in [0, 0.05) is 12.1 Å². The molecule has 140 valence electrons. The molecule has 1 amide bonds. The maximum absolute atomic E-state index is 12.0. The monoisotopic (exact) mass is 383 g/mol. The summed E-state index contributed by atoms with van der Waals surface area (Å²) in [5.41, 5.74) is 3.17. The second-order valence-electron chi connectivity index (χ2n) is 5.98. The molecule has 0 atom stereocenters. The van der Waals surface area contributed by atoms with Gasteiger partial charge in [-0.15, -0.1) is 10.2 Å². The Morgan fingerprint density at radius 2 is 1.85 bits per heavy atom. The minimum absolute atomic E-state index is 0.0661. The van der Waals surface area contributed by atoms with Crippen molar-refractivity contribution < 1.29 is 13.9 Å². The Labute approximate surface area is 162 Å². The number of aryl methyl sites for hydroxylation is 1. The molecule has 1 aromatic heterocycles. The fraction of sp³-hybridized carbons (Fsp3) is 0.250. The molecule has 1 N–H and O–H groups in total. The van der Waals surface area contributed by atoms with E-state index in [0.29, 0.717) is 17.7 Å². The van der Waals surface area contributed by atoms with Gasteiger partial charge >= 0.3 is 0 Å². The van der Waals surface area contributed by atoms with Crippen molar-refractivity contribution in [3.8, 4) is 17.2 Å². The first-order chi connectivity index (χ1) is 13.1. The summed E-state index contributed by atoms with van der Waals surface area (Å²) >= 11 is 1.23. The first-order valence-electron chi connectivity index (χ1n) is 8.57. The zero-order valence-electron chi connectivity index (χ0n) is 15.3. The van der Waals surface area contributed by atoms with Crippen LogP contribution in [0.3, 0.4) is 0 Å². The molecule has 0 spiro atoms. The Kier molecular flexibility index (Phi) is 6.49. The molecule has 0 aliphatic carbocycles. The van der Waals surface area contributed by atoms with Crippen LogP contribution in [0.2, 0.25) is 0 Å². The Balaban J connectivity index is 1.42. The van der Waals surface area contributed by atoms with Crippen LogP contribution < -0.4 is 10.1 Å². The van der Waals surface area contributed by atoms with Crippen LogP contribution in [-0.2, 0) is 11.2 Å². The molecule has 2 aromatic carbocycles. The van der Waals surface area contributed by atoms with Gasteiger partial charge in [-0.1, -0.05) is 41.6 Å². The lowest BCUT2D eigenvalue weighted by Gasteiger charge is -2.05. The highest BCUT2D eigenvalue weighted by Crippen LogP contribution is 2.23. The standard InChI is InChI=1S/C20H21N3O3S/c1-14-3-7-16(8-4-14)19-22-23-20(26-19)27-13-18(24)21-12-11-15-5-9-17(25-2)10-6-15/h3-10H,11-13H2,1-2H3,(H,21,24). The van der Waals surface area contributed by atoms with Crippen molar-refractivity contribution in [1.29, 1.82) is 0 Å². The van der Waals surface area contributed by atoms with Gasteiger partial charge in [-0.25, -0.2) is 0 Å². The van der Waals surface area contributed by atoms with Crippen LogP contribution in [0.15, 0.2) is 58.2 Å². The van der Waals surface area contributed by atoms with Crippen molar-refractivity contribution in [2.24, 2.45) is 0 Å². The Morgan fingerprint density at radius 3 is 2.56 bits per heavy atom. The molecule has 1 heterocycles. The number of thioether (sulfide) groups is 1. The second-order valence-corrected chi connectivity index (χ2v) is 6.90. The molecule has 0 fully saturated rings. The van der Waals surface area contributed by atoms with E-state index in [9.17, 15) is 4.79 Å². The van der Waals surface area contributed by atoms with Crippen molar-refractivity contribution in [2.45, 2.75) is 18.6 Å². The number of methoxy groups -OCH3 is 1. The van der Waals surface area contributed by atoms with E-state index in [1.54, 1.807) is 7.11 Å². The van der Waals surface area contributed by atoms with Gasteiger partial charge in [0.1, 0.15) is 5.75 Å². The van der Waals surface area contributed by atoms with Crippen LogP contribution in [0.25, 0.3) is 11.5 Å². The fourth-order valence-corrected chi connectivity index (χ4v) is 2.99. The van der Waals surface area contributed by atoms with Crippen molar-refractivity contribution in [2.75, 3.05) is 19.4 Å². The van der Waals surface area contributed by atoms with Crippen molar-refractivity contribution in [3.63, 3.8) is 0 Å². The molecule has 0 bridgehead atoms. The van der Waals surface area contributed by atoms with E-state index >= 15 is 0 Å². The molecule has 7 heteroatoms. The van der Waals surface area contributed by atoms with Crippen molar-refractivity contribution in [1.82, 2.24) is 15.5 Å². The van der Waals surface area contributed by atoms with E-state index in [1.807, 2.05) is 55.5 Å². The molecular formula is C20H21N3O3S. The number of hydrogen-bond acceptors (Lipinski definition) is 6. The minimum Gasteiger partial charge on any atom is -0.497 e. The highest BCUT2D eigenvalue weighted by Gasteiger charge is 2.11. The van der Waals surface area contributed by atoms with Gasteiger partial charge in [-0.2, -0.15) is 0 Å². The Morgan fingerprint density at radius 1 is 1.11 bits per heavy atom. The van der Waals surface area contributed by atoms with Gasteiger partial charge in [0.2, 0.25) is 11.8 Å². The number of carbonyl (C=O) groups excluding carboxylic acids is 1. The van der Waals surface area contributed by atoms with Gasteiger partial charge in [0.15, 0.2) is 0 Å². The molecule has 0 aliphatic heterocycles. The number of hydrogen-bond donors (Lipinski definition) is 1.